The average molecular weight is 228 g/mol. The first-order valence-corrected chi connectivity index (χ1v) is 5.46. The Kier molecular flexibility index (Phi) is 3.38. The van der Waals surface area contributed by atoms with Gasteiger partial charge in [0.2, 0.25) is 5.88 Å². The number of likely N-dealkylation sites (tertiary alicyclic amines) is 1. The van der Waals surface area contributed by atoms with E-state index in [2.05, 4.69) is 22.1 Å². The second-order valence-electron chi connectivity index (χ2n) is 3.78. The third-order valence-electron chi connectivity index (χ3n) is 2.70. The Morgan fingerprint density at radius 1 is 1.53 bits per heavy atom. The van der Waals surface area contributed by atoms with Crippen LogP contribution < -0.4 is 4.74 Å². The maximum atomic E-state index is 5.62. The van der Waals surface area contributed by atoms with Crippen LogP contribution in [0.4, 0.5) is 0 Å². The lowest BCUT2D eigenvalue weighted by Crippen LogP contribution is -2.30. The van der Waals surface area contributed by atoms with Gasteiger partial charge in [0, 0.05) is 12.1 Å². The highest BCUT2D eigenvalue weighted by molar-refractivity contribution is 6.29. The van der Waals surface area contributed by atoms with Crippen LogP contribution in [-0.4, -0.2) is 41.3 Å². The van der Waals surface area contributed by atoms with Crippen molar-refractivity contribution >= 4 is 11.6 Å². The second kappa shape index (κ2) is 4.77. The smallest absolute Gasteiger partial charge is 0.233 e. The molecule has 0 N–H and O–H groups in total. The molecule has 0 saturated carbocycles. The number of hydrogen-bond acceptors (Lipinski definition) is 4. The van der Waals surface area contributed by atoms with Crippen LogP contribution in [0.25, 0.3) is 0 Å². The predicted molar refractivity (Wildman–Crippen MR) is 58.2 cm³/mol. The van der Waals surface area contributed by atoms with E-state index in [1.165, 1.54) is 12.8 Å². The molecule has 0 radical (unpaired) electrons. The molecule has 1 saturated heterocycles. The zero-order chi connectivity index (χ0) is 10.7. The monoisotopic (exact) mass is 227 g/mol. The zero-order valence-corrected chi connectivity index (χ0v) is 9.44. The summed E-state index contributed by atoms with van der Waals surface area (Å²) in [6.45, 7) is 1.83. The molecule has 2 heterocycles. The third-order valence-corrected chi connectivity index (χ3v) is 2.90. The Labute approximate surface area is 94.2 Å². The SMILES string of the molecule is CN1CCCC1COc1ccc(Cl)nn1. The first kappa shape index (κ1) is 10.6. The molecule has 0 bridgehead atoms. The number of rotatable bonds is 3. The lowest BCUT2D eigenvalue weighted by Gasteiger charge is -2.18. The number of nitrogens with zero attached hydrogens (tertiary/aromatic N) is 3. The van der Waals surface area contributed by atoms with Crippen LogP contribution in [0.3, 0.4) is 0 Å². The molecule has 1 aromatic rings. The van der Waals surface area contributed by atoms with Crippen molar-refractivity contribution in [2.75, 3.05) is 20.2 Å². The van der Waals surface area contributed by atoms with Gasteiger partial charge in [0.1, 0.15) is 6.61 Å². The maximum Gasteiger partial charge on any atom is 0.233 e. The first-order chi connectivity index (χ1) is 7.25. The van der Waals surface area contributed by atoms with Gasteiger partial charge in [-0.1, -0.05) is 11.6 Å². The summed E-state index contributed by atoms with van der Waals surface area (Å²) in [6, 6.07) is 3.93. The van der Waals surface area contributed by atoms with Crippen LogP contribution in [0.5, 0.6) is 5.88 Å². The van der Waals surface area contributed by atoms with Crippen molar-refractivity contribution in [3.8, 4) is 5.88 Å². The van der Waals surface area contributed by atoms with Gasteiger partial charge in [-0.25, -0.2) is 0 Å². The lowest BCUT2D eigenvalue weighted by molar-refractivity contribution is 0.192. The Hall–Kier alpha value is -0.870. The van der Waals surface area contributed by atoms with Gasteiger partial charge in [-0.05, 0) is 32.5 Å². The van der Waals surface area contributed by atoms with Crippen molar-refractivity contribution in [1.82, 2.24) is 15.1 Å². The molecule has 4 nitrogen and oxygen atoms in total. The molecule has 1 aliphatic rings. The van der Waals surface area contributed by atoms with E-state index in [9.17, 15) is 0 Å². The summed E-state index contributed by atoms with van der Waals surface area (Å²) in [7, 11) is 2.12. The third kappa shape index (κ3) is 2.79. The summed E-state index contributed by atoms with van der Waals surface area (Å²) < 4.78 is 5.54. The number of hydrogen-bond donors (Lipinski definition) is 0. The largest absolute Gasteiger partial charge is 0.475 e. The highest BCUT2D eigenvalue weighted by atomic mass is 35.5. The molecule has 1 unspecified atom stereocenters. The Morgan fingerprint density at radius 3 is 3.00 bits per heavy atom. The summed E-state index contributed by atoms with van der Waals surface area (Å²) in [4.78, 5) is 2.31. The van der Waals surface area contributed by atoms with Gasteiger partial charge in [0.15, 0.2) is 5.15 Å². The van der Waals surface area contributed by atoms with E-state index in [4.69, 9.17) is 16.3 Å². The van der Waals surface area contributed by atoms with Crippen molar-refractivity contribution in [1.29, 1.82) is 0 Å². The minimum Gasteiger partial charge on any atom is -0.475 e. The minimum absolute atomic E-state index is 0.389. The molecule has 0 spiro atoms. The van der Waals surface area contributed by atoms with Crippen LogP contribution >= 0.6 is 11.6 Å². The van der Waals surface area contributed by atoms with Gasteiger partial charge < -0.3 is 9.64 Å². The van der Waals surface area contributed by atoms with Crippen molar-refractivity contribution in [3.05, 3.63) is 17.3 Å². The van der Waals surface area contributed by atoms with Gasteiger partial charge in [-0.15, -0.1) is 10.2 Å². The van der Waals surface area contributed by atoms with Gasteiger partial charge in [0.25, 0.3) is 0 Å². The summed E-state index contributed by atoms with van der Waals surface area (Å²) in [5, 5.41) is 7.95. The summed E-state index contributed by atoms with van der Waals surface area (Å²) >= 11 is 5.62. The van der Waals surface area contributed by atoms with Crippen molar-refractivity contribution < 1.29 is 4.74 Å². The van der Waals surface area contributed by atoms with Gasteiger partial charge in [-0.2, -0.15) is 0 Å². The fraction of sp³-hybridized carbons (Fsp3) is 0.600. The van der Waals surface area contributed by atoms with Crippen molar-refractivity contribution in [3.63, 3.8) is 0 Å². The van der Waals surface area contributed by atoms with Gasteiger partial charge in [-0.3, -0.25) is 0 Å². The predicted octanol–water partition coefficient (Wildman–Crippen LogP) is 1.60. The molecule has 1 aromatic heterocycles. The van der Waals surface area contributed by atoms with Crippen molar-refractivity contribution in [2.24, 2.45) is 0 Å². The number of ether oxygens (including phenoxy) is 1. The maximum absolute atomic E-state index is 5.62. The molecule has 1 aliphatic heterocycles. The van der Waals surface area contributed by atoms with E-state index in [1.54, 1.807) is 12.1 Å². The van der Waals surface area contributed by atoms with Gasteiger partial charge >= 0.3 is 0 Å². The highest BCUT2D eigenvalue weighted by Gasteiger charge is 2.21. The van der Waals surface area contributed by atoms with Crippen LogP contribution in [0.2, 0.25) is 5.15 Å². The summed E-state index contributed by atoms with van der Waals surface area (Å²) in [5.41, 5.74) is 0. The molecule has 1 fully saturated rings. The molecule has 0 aliphatic carbocycles. The van der Waals surface area contributed by atoms with Crippen LogP contribution in [0, 0.1) is 0 Å². The molecule has 82 valence electrons. The number of aromatic nitrogens is 2. The average Bonchev–Trinajstić information content (AvgIpc) is 2.63. The Balaban J connectivity index is 1.85. The fourth-order valence-electron chi connectivity index (χ4n) is 1.75. The summed E-state index contributed by atoms with van der Waals surface area (Å²) in [6.07, 6.45) is 2.44. The van der Waals surface area contributed by atoms with E-state index < -0.39 is 0 Å². The minimum atomic E-state index is 0.389. The number of halogens is 1. The first-order valence-electron chi connectivity index (χ1n) is 5.08. The number of likely N-dealkylation sites (N-methyl/N-ethyl adjacent to an activating group) is 1. The van der Waals surface area contributed by atoms with E-state index in [1.807, 2.05) is 0 Å². The van der Waals surface area contributed by atoms with E-state index in [-0.39, 0.29) is 0 Å². The second-order valence-corrected chi connectivity index (χ2v) is 4.17. The Bertz CT molecular complexity index is 317. The topological polar surface area (TPSA) is 38.2 Å². The van der Waals surface area contributed by atoms with E-state index >= 15 is 0 Å². The molecule has 15 heavy (non-hydrogen) atoms. The quantitative estimate of drug-likeness (QED) is 0.786. The van der Waals surface area contributed by atoms with Crippen LogP contribution in [-0.2, 0) is 0 Å². The Morgan fingerprint density at radius 2 is 2.40 bits per heavy atom. The van der Waals surface area contributed by atoms with Crippen molar-refractivity contribution in [2.45, 2.75) is 18.9 Å². The normalized spacial score (nSPS) is 21.9. The molecule has 0 aromatic carbocycles. The fourth-order valence-corrected chi connectivity index (χ4v) is 1.85. The zero-order valence-electron chi connectivity index (χ0n) is 8.69. The molecular weight excluding hydrogens is 214 g/mol. The van der Waals surface area contributed by atoms with Crippen LogP contribution in [0.1, 0.15) is 12.8 Å². The molecular formula is C10H14ClN3O. The molecule has 2 rings (SSSR count). The van der Waals surface area contributed by atoms with E-state index in [0.717, 1.165) is 6.54 Å². The standard InChI is InChI=1S/C10H14ClN3O/c1-14-6-2-3-8(14)7-15-10-5-4-9(11)12-13-10/h4-5,8H,2-3,6-7H2,1H3. The summed E-state index contributed by atoms with van der Waals surface area (Å²) in [5.74, 6) is 0.541. The lowest BCUT2D eigenvalue weighted by atomic mass is 10.2. The van der Waals surface area contributed by atoms with E-state index in [0.29, 0.717) is 23.7 Å². The molecule has 5 heteroatoms. The molecule has 1 atom stereocenters. The van der Waals surface area contributed by atoms with Crippen LogP contribution in [0.15, 0.2) is 12.1 Å². The van der Waals surface area contributed by atoms with Gasteiger partial charge in [0.05, 0.1) is 0 Å². The highest BCUT2D eigenvalue weighted by Crippen LogP contribution is 2.16. The molecule has 0 amide bonds.